The lowest BCUT2D eigenvalue weighted by Gasteiger charge is -2.08. The van der Waals surface area contributed by atoms with Gasteiger partial charge in [0, 0.05) is 16.5 Å². The normalized spacial score (nSPS) is 10.3. The van der Waals surface area contributed by atoms with Crippen molar-refractivity contribution in [3.63, 3.8) is 0 Å². The van der Waals surface area contributed by atoms with Gasteiger partial charge in [-0.3, -0.25) is 0 Å². The third-order valence-electron chi connectivity index (χ3n) is 3.01. The van der Waals surface area contributed by atoms with Crippen molar-refractivity contribution >= 4 is 15.9 Å². The molecule has 2 heterocycles. The Morgan fingerprint density at radius 3 is 2.70 bits per heavy atom. The number of aromatic nitrogens is 2. The second-order valence-electron chi connectivity index (χ2n) is 4.42. The fourth-order valence-corrected chi connectivity index (χ4v) is 2.18. The molecule has 6 heteroatoms. The van der Waals surface area contributed by atoms with Crippen LogP contribution in [0.25, 0.3) is 0 Å². The zero-order chi connectivity index (χ0) is 14.7. The van der Waals surface area contributed by atoms with Crippen LogP contribution < -0.4 is 4.74 Å². The Labute approximate surface area is 125 Å². The van der Waals surface area contributed by atoms with Crippen molar-refractivity contribution in [2.24, 2.45) is 0 Å². The zero-order valence-electron chi connectivity index (χ0n) is 11.5. The number of nitrogens with zero attached hydrogens (tertiary/aromatic N) is 3. The van der Waals surface area contributed by atoms with E-state index in [4.69, 9.17) is 14.5 Å². The fourth-order valence-electron chi connectivity index (χ4n) is 1.86. The van der Waals surface area contributed by atoms with Gasteiger partial charge in [0.2, 0.25) is 5.88 Å². The number of nitriles is 1. The monoisotopic (exact) mass is 335 g/mol. The molecule has 2 rings (SSSR count). The highest BCUT2D eigenvalue weighted by atomic mass is 79.9. The van der Waals surface area contributed by atoms with Crippen molar-refractivity contribution < 1.29 is 9.26 Å². The number of hydrogen-bond acceptors (Lipinski definition) is 5. The minimum atomic E-state index is 0.361. The van der Waals surface area contributed by atoms with Gasteiger partial charge in [0.05, 0.1) is 18.0 Å². The van der Waals surface area contributed by atoms with E-state index in [1.165, 1.54) is 0 Å². The van der Waals surface area contributed by atoms with Crippen LogP contribution in [0.2, 0.25) is 0 Å². The zero-order valence-corrected chi connectivity index (χ0v) is 13.1. The maximum absolute atomic E-state index is 9.09. The Hall–Kier alpha value is -1.87. The van der Waals surface area contributed by atoms with Crippen LogP contribution in [0.15, 0.2) is 15.1 Å². The van der Waals surface area contributed by atoms with Gasteiger partial charge < -0.3 is 9.26 Å². The molecule has 0 aliphatic rings. The van der Waals surface area contributed by atoms with Crippen molar-refractivity contribution in [2.75, 3.05) is 6.61 Å². The summed E-state index contributed by atoms with van der Waals surface area (Å²) in [5.41, 5.74) is 3.11. The number of rotatable bonds is 4. The van der Waals surface area contributed by atoms with Gasteiger partial charge in [0.25, 0.3) is 0 Å². The molecule has 0 radical (unpaired) electrons. The number of ether oxygens (including phenoxy) is 1. The van der Waals surface area contributed by atoms with Gasteiger partial charge in [-0.25, -0.2) is 4.98 Å². The van der Waals surface area contributed by atoms with Gasteiger partial charge in [0.1, 0.15) is 17.4 Å². The number of pyridine rings is 1. The van der Waals surface area contributed by atoms with E-state index in [0.29, 0.717) is 24.5 Å². The molecule has 0 N–H and O–H groups in total. The van der Waals surface area contributed by atoms with Gasteiger partial charge in [-0.1, -0.05) is 5.16 Å². The molecule has 5 nitrogen and oxygen atoms in total. The third kappa shape index (κ3) is 2.99. The topological polar surface area (TPSA) is 71.9 Å². The number of halogens is 1. The van der Waals surface area contributed by atoms with Crippen molar-refractivity contribution in [2.45, 2.75) is 27.2 Å². The van der Waals surface area contributed by atoms with Crippen LogP contribution in [-0.4, -0.2) is 16.7 Å². The summed E-state index contributed by atoms with van der Waals surface area (Å²) in [6, 6.07) is 3.80. The van der Waals surface area contributed by atoms with Crippen LogP contribution in [0.5, 0.6) is 5.88 Å². The summed E-state index contributed by atoms with van der Waals surface area (Å²) in [7, 11) is 0. The molecular weight excluding hydrogens is 322 g/mol. The van der Waals surface area contributed by atoms with Crippen LogP contribution >= 0.6 is 15.9 Å². The predicted molar refractivity (Wildman–Crippen MR) is 76.6 cm³/mol. The Balaban J connectivity index is 2.08. The van der Waals surface area contributed by atoms with E-state index < -0.39 is 0 Å². The quantitative estimate of drug-likeness (QED) is 0.857. The first-order valence-electron chi connectivity index (χ1n) is 6.14. The Bertz CT molecular complexity index is 654. The molecule has 2 aromatic rings. The van der Waals surface area contributed by atoms with E-state index in [1.807, 2.05) is 20.8 Å². The molecule has 0 unspecified atom stereocenters. The van der Waals surface area contributed by atoms with E-state index in [-0.39, 0.29) is 0 Å². The first-order valence-corrected chi connectivity index (χ1v) is 6.94. The van der Waals surface area contributed by atoms with Crippen molar-refractivity contribution in [3.05, 3.63) is 38.8 Å². The van der Waals surface area contributed by atoms with Crippen LogP contribution in [0, 0.1) is 32.1 Å². The maximum atomic E-state index is 9.09. The molecule has 0 spiro atoms. The maximum Gasteiger partial charge on any atom is 0.231 e. The summed E-state index contributed by atoms with van der Waals surface area (Å²) in [5.74, 6) is 1.16. The summed E-state index contributed by atoms with van der Waals surface area (Å²) in [6.45, 7) is 6.05. The molecule has 0 saturated heterocycles. The summed E-state index contributed by atoms with van der Waals surface area (Å²) in [6.07, 6.45) is 0.669. The lowest BCUT2D eigenvalue weighted by atomic mass is 10.1. The molecule has 0 fully saturated rings. The highest BCUT2D eigenvalue weighted by Gasteiger charge is 2.12. The van der Waals surface area contributed by atoms with E-state index >= 15 is 0 Å². The minimum absolute atomic E-state index is 0.361. The molecule has 0 aliphatic carbocycles. The first-order chi connectivity index (χ1) is 9.52. The molecular formula is C14H14BrN3O2. The summed E-state index contributed by atoms with van der Waals surface area (Å²) in [5, 5.41) is 13.0. The molecule has 2 aromatic heterocycles. The standard InChI is InChI=1S/C14H14BrN3O2/c1-8-12(10(3)20-18-8)4-5-19-14-11(7-16)6-13(15)9(2)17-14/h6H,4-5H2,1-3H3. The third-order valence-corrected chi connectivity index (χ3v) is 3.81. The SMILES string of the molecule is Cc1nc(OCCc2c(C)noc2C)c(C#N)cc1Br. The Morgan fingerprint density at radius 2 is 2.10 bits per heavy atom. The van der Waals surface area contributed by atoms with Gasteiger partial charge in [-0.05, 0) is 42.8 Å². The fraction of sp³-hybridized carbons (Fsp3) is 0.357. The van der Waals surface area contributed by atoms with Gasteiger partial charge in [0.15, 0.2) is 0 Å². The molecule has 0 saturated carbocycles. The predicted octanol–water partition coefficient (Wildman–Crippen LogP) is 3.25. The van der Waals surface area contributed by atoms with Crippen LogP contribution in [0.1, 0.15) is 28.3 Å². The average molecular weight is 336 g/mol. The molecule has 0 bridgehead atoms. The largest absolute Gasteiger partial charge is 0.476 e. The Morgan fingerprint density at radius 1 is 1.35 bits per heavy atom. The second kappa shape index (κ2) is 6.06. The first kappa shape index (κ1) is 14.5. The molecule has 104 valence electrons. The van der Waals surface area contributed by atoms with Crippen LogP contribution in [0.4, 0.5) is 0 Å². The molecule has 0 amide bonds. The van der Waals surface area contributed by atoms with Crippen molar-refractivity contribution in [1.29, 1.82) is 5.26 Å². The lowest BCUT2D eigenvalue weighted by Crippen LogP contribution is -2.06. The average Bonchev–Trinajstić information content (AvgIpc) is 2.74. The van der Waals surface area contributed by atoms with Gasteiger partial charge in [-0.15, -0.1) is 0 Å². The van der Waals surface area contributed by atoms with E-state index in [2.05, 4.69) is 32.1 Å². The van der Waals surface area contributed by atoms with Gasteiger partial charge in [-0.2, -0.15) is 5.26 Å². The number of aryl methyl sites for hydroxylation is 3. The van der Waals surface area contributed by atoms with Crippen LogP contribution in [0.3, 0.4) is 0 Å². The van der Waals surface area contributed by atoms with E-state index in [0.717, 1.165) is 27.2 Å². The molecule has 0 aromatic carbocycles. The highest BCUT2D eigenvalue weighted by Crippen LogP contribution is 2.23. The van der Waals surface area contributed by atoms with Crippen LogP contribution in [-0.2, 0) is 6.42 Å². The van der Waals surface area contributed by atoms with Crippen molar-refractivity contribution in [1.82, 2.24) is 10.1 Å². The highest BCUT2D eigenvalue weighted by molar-refractivity contribution is 9.10. The van der Waals surface area contributed by atoms with E-state index in [1.54, 1.807) is 6.07 Å². The minimum Gasteiger partial charge on any atom is -0.476 e. The number of hydrogen-bond donors (Lipinski definition) is 0. The summed E-state index contributed by atoms with van der Waals surface area (Å²) >= 11 is 3.35. The lowest BCUT2D eigenvalue weighted by molar-refractivity contribution is 0.306. The summed E-state index contributed by atoms with van der Waals surface area (Å²) in [4.78, 5) is 4.28. The molecule has 0 atom stereocenters. The second-order valence-corrected chi connectivity index (χ2v) is 5.28. The van der Waals surface area contributed by atoms with Gasteiger partial charge >= 0.3 is 0 Å². The summed E-state index contributed by atoms with van der Waals surface area (Å²) < 4.78 is 11.5. The smallest absolute Gasteiger partial charge is 0.231 e. The molecule has 0 aliphatic heterocycles. The van der Waals surface area contributed by atoms with E-state index in [9.17, 15) is 0 Å². The molecule has 20 heavy (non-hydrogen) atoms. The Kier molecular flexibility index (Phi) is 4.40. The van der Waals surface area contributed by atoms with Crippen molar-refractivity contribution in [3.8, 4) is 11.9 Å².